The predicted octanol–water partition coefficient (Wildman–Crippen LogP) is 2.67. The first kappa shape index (κ1) is 20.2. The fourth-order valence-electron chi connectivity index (χ4n) is 2.85. The van der Waals surface area contributed by atoms with Gasteiger partial charge in [0.25, 0.3) is 5.56 Å². The summed E-state index contributed by atoms with van der Waals surface area (Å²) in [6.45, 7) is -2.94. The van der Waals surface area contributed by atoms with Crippen molar-refractivity contribution >= 4 is 16.8 Å². The minimum Gasteiger partial charge on any atom is -0.493 e. The topological polar surface area (TPSA) is 73.7 Å². The van der Waals surface area contributed by atoms with Crippen LogP contribution in [0.3, 0.4) is 0 Å². The molecule has 0 radical (unpaired) electrons. The Kier molecular flexibility index (Phi) is 6.06. The molecule has 152 valence electrons. The van der Waals surface area contributed by atoms with Gasteiger partial charge in [-0.3, -0.25) is 14.2 Å². The maximum atomic E-state index is 12.6. The van der Waals surface area contributed by atoms with E-state index in [2.05, 4.69) is 9.72 Å². The summed E-state index contributed by atoms with van der Waals surface area (Å²) >= 11 is 0. The molecule has 1 heterocycles. The Bertz CT molecular complexity index is 1080. The summed E-state index contributed by atoms with van der Waals surface area (Å²) in [7, 11) is 2.92. The minimum absolute atomic E-state index is 0.0889. The second kappa shape index (κ2) is 8.68. The van der Waals surface area contributed by atoms with E-state index in [9.17, 15) is 18.4 Å². The van der Waals surface area contributed by atoms with Crippen LogP contribution in [0, 0.1) is 0 Å². The van der Waals surface area contributed by atoms with Crippen molar-refractivity contribution in [1.29, 1.82) is 0 Å². The molecule has 0 aliphatic carbocycles. The number of halogens is 2. The molecule has 0 bridgehead atoms. The molecule has 0 fully saturated rings. The number of hydrogen-bond donors (Lipinski definition) is 0. The molecule has 0 unspecified atom stereocenters. The lowest BCUT2D eigenvalue weighted by Crippen LogP contribution is -2.33. The van der Waals surface area contributed by atoms with E-state index in [1.165, 1.54) is 35.0 Å². The maximum Gasteiger partial charge on any atom is 0.387 e. The molecule has 9 heteroatoms. The van der Waals surface area contributed by atoms with Crippen LogP contribution < -0.4 is 15.0 Å². The van der Waals surface area contributed by atoms with E-state index < -0.39 is 6.61 Å². The summed E-state index contributed by atoms with van der Waals surface area (Å²) < 4.78 is 35.6. The van der Waals surface area contributed by atoms with Gasteiger partial charge in [-0.1, -0.05) is 18.2 Å². The van der Waals surface area contributed by atoms with Crippen molar-refractivity contribution in [1.82, 2.24) is 14.5 Å². The SMILES string of the molecule is COc1cc(CN(C)C(=O)Cn2cnc3ccccc3c2=O)ccc1OC(F)F. The molecular weight excluding hydrogens is 384 g/mol. The summed E-state index contributed by atoms with van der Waals surface area (Å²) in [5.74, 6) is -0.260. The van der Waals surface area contributed by atoms with Crippen molar-refractivity contribution < 1.29 is 23.0 Å². The molecule has 29 heavy (non-hydrogen) atoms. The van der Waals surface area contributed by atoms with Crippen LogP contribution in [-0.2, 0) is 17.9 Å². The van der Waals surface area contributed by atoms with E-state index in [4.69, 9.17) is 4.74 Å². The summed E-state index contributed by atoms with van der Waals surface area (Å²) in [6, 6.07) is 11.3. The molecule has 0 spiro atoms. The smallest absolute Gasteiger partial charge is 0.387 e. The van der Waals surface area contributed by atoms with Crippen molar-refractivity contribution in [3.63, 3.8) is 0 Å². The third kappa shape index (κ3) is 4.68. The molecule has 3 rings (SSSR count). The van der Waals surface area contributed by atoms with E-state index in [1.54, 1.807) is 37.4 Å². The number of hydrogen-bond acceptors (Lipinski definition) is 5. The van der Waals surface area contributed by atoms with Gasteiger partial charge in [0.2, 0.25) is 5.91 Å². The van der Waals surface area contributed by atoms with Gasteiger partial charge in [0.15, 0.2) is 11.5 Å². The van der Waals surface area contributed by atoms with Gasteiger partial charge in [0.1, 0.15) is 6.54 Å². The standard InChI is InChI=1S/C20H19F2N3O4/c1-24(10-13-7-8-16(29-20(21)22)17(9-13)28-2)18(26)11-25-12-23-15-6-4-3-5-14(15)19(25)27/h3-9,12,20H,10-11H2,1-2H3. The fourth-order valence-corrected chi connectivity index (χ4v) is 2.85. The molecule has 3 aromatic rings. The molecule has 7 nitrogen and oxygen atoms in total. The fraction of sp³-hybridized carbons (Fsp3) is 0.250. The second-order valence-electron chi connectivity index (χ2n) is 6.31. The van der Waals surface area contributed by atoms with Crippen LogP contribution in [0.25, 0.3) is 10.9 Å². The average Bonchev–Trinajstić information content (AvgIpc) is 2.70. The van der Waals surface area contributed by atoms with E-state index in [1.807, 2.05) is 0 Å². The van der Waals surface area contributed by atoms with Crippen LogP contribution in [0.1, 0.15) is 5.56 Å². The molecular formula is C20H19F2N3O4. The summed E-state index contributed by atoms with van der Waals surface area (Å²) in [5.41, 5.74) is 0.920. The van der Waals surface area contributed by atoms with Gasteiger partial charge in [-0.15, -0.1) is 0 Å². The molecule has 2 aromatic carbocycles. The van der Waals surface area contributed by atoms with E-state index in [-0.39, 0.29) is 36.1 Å². The first-order valence-corrected chi connectivity index (χ1v) is 8.69. The number of ether oxygens (including phenoxy) is 2. The third-order valence-electron chi connectivity index (χ3n) is 4.33. The van der Waals surface area contributed by atoms with Gasteiger partial charge in [0.05, 0.1) is 24.3 Å². The van der Waals surface area contributed by atoms with Crippen LogP contribution >= 0.6 is 0 Å². The van der Waals surface area contributed by atoms with Crippen molar-refractivity contribution in [2.75, 3.05) is 14.2 Å². The van der Waals surface area contributed by atoms with E-state index >= 15 is 0 Å². The number of fused-ring (bicyclic) bond motifs is 1. The lowest BCUT2D eigenvalue weighted by molar-refractivity contribution is -0.131. The Balaban J connectivity index is 1.73. The Morgan fingerprint density at radius 2 is 1.97 bits per heavy atom. The van der Waals surface area contributed by atoms with Crippen molar-refractivity contribution in [3.05, 3.63) is 64.7 Å². The molecule has 1 aromatic heterocycles. The number of nitrogens with zero attached hydrogens (tertiary/aromatic N) is 3. The Hall–Kier alpha value is -3.49. The van der Waals surface area contributed by atoms with Crippen LogP contribution in [0.2, 0.25) is 0 Å². The third-order valence-corrected chi connectivity index (χ3v) is 4.33. The number of carbonyl (C=O) groups is 1. The average molecular weight is 403 g/mol. The normalized spacial score (nSPS) is 10.9. The molecule has 0 aliphatic heterocycles. The van der Waals surface area contributed by atoms with Crippen LogP contribution in [0.15, 0.2) is 53.6 Å². The zero-order chi connectivity index (χ0) is 21.0. The van der Waals surface area contributed by atoms with E-state index in [0.717, 1.165) is 0 Å². The van der Waals surface area contributed by atoms with Crippen LogP contribution in [-0.4, -0.2) is 41.1 Å². The molecule has 0 aliphatic rings. The number of amides is 1. The molecule has 1 amide bonds. The highest BCUT2D eigenvalue weighted by Gasteiger charge is 2.15. The number of para-hydroxylation sites is 1. The predicted molar refractivity (Wildman–Crippen MR) is 102 cm³/mol. The number of rotatable bonds is 7. The minimum atomic E-state index is -2.96. The monoisotopic (exact) mass is 403 g/mol. The number of likely N-dealkylation sites (N-methyl/N-ethyl adjacent to an activating group) is 1. The van der Waals surface area contributed by atoms with Gasteiger partial charge in [-0.25, -0.2) is 4.98 Å². The van der Waals surface area contributed by atoms with Crippen molar-refractivity contribution in [3.8, 4) is 11.5 Å². The van der Waals surface area contributed by atoms with Crippen molar-refractivity contribution in [2.45, 2.75) is 19.7 Å². The first-order valence-electron chi connectivity index (χ1n) is 8.69. The van der Waals surface area contributed by atoms with Crippen molar-refractivity contribution in [2.24, 2.45) is 0 Å². The van der Waals surface area contributed by atoms with Gasteiger partial charge in [-0.2, -0.15) is 8.78 Å². The van der Waals surface area contributed by atoms with E-state index in [0.29, 0.717) is 16.5 Å². The number of carbonyl (C=O) groups excluding carboxylic acids is 1. The number of methoxy groups -OCH3 is 1. The second-order valence-corrected chi connectivity index (χ2v) is 6.31. The van der Waals surface area contributed by atoms with Crippen LogP contribution in [0.5, 0.6) is 11.5 Å². The molecule has 0 atom stereocenters. The lowest BCUT2D eigenvalue weighted by atomic mass is 10.2. The summed E-state index contributed by atoms with van der Waals surface area (Å²) in [6.07, 6.45) is 1.34. The number of benzene rings is 2. The zero-order valence-electron chi connectivity index (χ0n) is 15.8. The molecule has 0 saturated carbocycles. The highest BCUT2D eigenvalue weighted by molar-refractivity contribution is 5.78. The molecule has 0 saturated heterocycles. The number of aromatic nitrogens is 2. The summed E-state index contributed by atoms with van der Waals surface area (Å²) in [4.78, 5) is 30.7. The maximum absolute atomic E-state index is 12.6. The highest BCUT2D eigenvalue weighted by Crippen LogP contribution is 2.29. The highest BCUT2D eigenvalue weighted by atomic mass is 19.3. The first-order chi connectivity index (χ1) is 13.9. The Morgan fingerprint density at radius 1 is 1.21 bits per heavy atom. The van der Waals surface area contributed by atoms with Gasteiger partial charge >= 0.3 is 6.61 Å². The van der Waals surface area contributed by atoms with Gasteiger partial charge in [-0.05, 0) is 29.8 Å². The number of alkyl halides is 2. The Morgan fingerprint density at radius 3 is 2.69 bits per heavy atom. The quantitative estimate of drug-likeness (QED) is 0.607. The lowest BCUT2D eigenvalue weighted by Gasteiger charge is -2.19. The zero-order valence-corrected chi connectivity index (χ0v) is 15.8. The molecule has 0 N–H and O–H groups in total. The largest absolute Gasteiger partial charge is 0.493 e. The Labute approximate surface area is 165 Å². The van der Waals surface area contributed by atoms with Gasteiger partial charge < -0.3 is 14.4 Å². The van der Waals surface area contributed by atoms with Crippen LogP contribution in [0.4, 0.5) is 8.78 Å². The van der Waals surface area contributed by atoms with Gasteiger partial charge in [0, 0.05) is 13.6 Å². The summed E-state index contributed by atoms with van der Waals surface area (Å²) in [5, 5.41) is 0.435.